The Balaban J connectivity index is 0.000000383. The molecule has 1 aromatic rings. The predicted molar refractivity (Wildman–Crippen MR) is 90.2 cm³/mol. The summed E-state index contributed by atoms with van der Waals surface area (Å²) in [4.78, 5) is 0. The summed E-state index contributed by atoms with van der Waals surface area (Å²) in [6.07, 6.45) is 3.60. The third kappa shape index (κ3) is 7.68. The van der Waals surface area contributed by atoms with E-state index in [0.717, 1.165) is 37.2 Å². The van der Waals surface area contributed by atoms with Crippen LogP contribution in [-0.4, -0.2) is 36.1 Å². The summed E-state index contributed by atoms with van der Waals surface area (Å²) in [7, 11) is 0. The van der Waals surface area contributed by atoms with Crippen LogP contribution in [0, 0.1) is 5.41 Å². The maximum atomic E-state index is 8.52. The summed E-state index contributed by atoms with van der Waals surface area (Å²) in [5.41, 5.74) is 7.77. The van der Waals surface area contributed by atoms with Crippen molar-refractivity contribution in [3.05, 3.63) is 23.8 Å². The van der Waals surface area contributed by atoms with Gasteiger partial charge in [-0.2, -0.15) is 0 Å². The van der Waals surface area contributed by atoms with Crippen molar-refractivity contribution in [1.29, 1.82) is 5.41 Å². The lowest BCUT2D eigenvalue weighted by Gasteiger charge is -2.25. The summed E-state index contributed by atoms with van der Waals surface area (Å²) in [6.45, 7) is 7.35. The molecule has 0 spiro atoms. The molecule has 0 unspecified atom stereocenters. The minimum atomic E-state index is -0.500. The summed E-state index contributed by atoms with van der Waals surface area (Å²) in [6, 6.07) is 6.16. The Morgan fingerprint density at radius 1 is 1.33 bits per heavy atom. The molecule has 2 rings (SSSR count). The highest BCUT2D eigenvalue weighted by atomic mass is 16.3. The Bertz CT molecular complexity index is 442. The molecule has 0 bridgehead atoms. The van der Waals surface area contributed by atoms with Crippen LogP contribution in [0.5, 0.6) is 0 Å². The highest BCUT2D eigenvalue weighted by Gasteiger charge is 2.13. The summed E-state index contributed by atoms with van der Waals surface area (Å²) in [5.74, 6) is 0. The van der Waals surface area contributed by atoms with Crippen LogP contribution in [0.3, 0.4) is 0 Å². The summed E-state index contributed by atoms with van der Waals surface area (Å²) < 4.78 is 0. The highest BCUT2D eigenvalue weighted by molar-refractivity contribution is 5.87. The van der Waals surface area contributed by atoms with E-state index in [4.69, 9.17) is 16.2 Å². The second-order valence-corrected chi connectivity index (χ2v) is 6.33. The van der Waals surface area contributed by atoms with Crippen molar-refractivity contribution < 1.29 is 5.11 Å². The monoisotopic (exact) mass is 292 g/mol. The van der Waals surface area contributed by atoms with Gasteiger partial charge in [0.1, 0.15) is 0 Å². The van der Waals surface area contributed by atoms with E-state index < -0.39 is 5.60 Å². The second kappa shape index (κ2) is 8.00. The fraction of sp³-hybridized carbons (Fsp3) is 0.562. The minimum Gasteiger partial charge on any atom is -0.399 e. The Labute approximate surface area is 127 Å². The van der Waals surface area contributed by atoms with Crippen molar-refractivity contribution in [3.63, 3.8) is 0 Å². The van der Waals surface area contributed by atoms with E-state index in [1.165, 1.54) is 6.21 Å². The molecule has 0 amide bonds. The third-order valence-electron chi connectivity index (χ3n) is 2.93. The number of benzene rings is 1. The zero-order chi connectivity index (χ0) is 15.9. The van der Waals surface area contributed by atoms with E-state index in [1.54, 1.807) is 20.8 Å². The molecular weight excluding hydrogens is 264 g/mol. The topological polar surface area (TPSA) is 94.2 Å². The van der Waals surface area contributed by atoms with Crippen LogP contribution in [0.2, 0.25) is 0 Å². The average Bonchev–Trinajstić information content (AvgIpc) is 2.40. The van der Waals surface area contributed by atoms with E-state index in [-0.39, 0.29) is 0 Å². The number of hydrogen-bond acceptors (Lipinski definition) is 5. The van der Waals surface area contributed by atoms with Crippen molar-refractivity contribution in [3.8, 4) is 0 Å². The molecule has 1 aromatic carbocycles. The van der Waals surface area contributed by atoms with Gasteiger partial charge in [-0.05, 0) is 64.9 Å². The lowest BCUT2D eigenvalue weighted by atomic mass is 10.1. The lowest BCUT2D eigenvalue weighted by Crippen LogP contribution is -2.35. The average molecular weight is 292 g/mol. The van der Waals surface area contributed by atoms with Gasteiger partial charge in [0.2, 0.25) is 0 Å². The van der Waals surface area contributed by atoms with E-state index in [0.29, 0.717) is 11.7 Å². The third-order valence-corrected chi connectivity index (χ3v) is 2.93. The first kappa shape index (κ1) is 17.5. The first-order valence-electron chi connectivity index (χ1n) is 7.39. The fourth-order valence-corrected chi connectivity index (χ4v) is 2.02. The smallest absolute Gasteiger partial charge is 0.0563 e. The Hall–Kier alpha value is -1.59. The van der Waals surface area contributed by atoms with Gasteiger partial charge < -0.3 is 26.9 Å². The molecule has 0 radical (unpaired) electrons. The van der Waals surface area contributed by atoms with Gasteiger partial charge in [-0.1, -0.05) is 0 Å². The highest BCUT2D eigenvalue weighted by Crippen LogP contribution is 2.20. The normalized spacial score (nSPS) is 15.8. The SMILES string of the molecule is CC(C)(C)O.N=Cc1cc(N)ccc1NC1CCNCC1. The number of piperidine rings is 1. The van der Waals surface area contributed by atoms with E-state index in [9.17, 15) is 0 Å². The van der Waals surface area contributed by atoms with Gasteiger partial charge in [0.25, 0.3) is 0 Å². The molecule has 21 heavy (non-hydrogen) atoms. The number of hydrogen-bond donors (Lipinski definition) is 5. The Kier molecular flexibility index (Phi) is 6.65. The van der Waals surface area contributed by atoms with Crippen LogP contribution in [0.1, 0.15) is 39.2 Å². The Morgan fingerprint density at radius 3 is 2.43 bits per heavy atom. The van der Waals surface area contributed by atoms with Crippen LogP contribution < -0.4 is 16.4 Å². The number of aliphatic hydroxyl groups is 1. The van der Waals surface area contributed by atoms with Gasteiger partial charge >= 0.3 is 0 Å². The first-order chi connectivity index (χ1) is 9.79. The van der Waals surface area contributed by atoms with Crippen molar-refractivity contribution in [1.82, 2.24) is 5.32 Å². The predicted octanol–water partition coefficient (Wildman–Crippen LogP) is 2.21. The largest absolute Gasteiger partial charge is 0.399 e. The van der Waals surface area contributed by atoms with Crippen molar-refractivity contribution in [2.75, 3.05) is 24.1 Å². The number of rotatable bonds is 3. The molecular formula is C16H28N4O. The molecule has 0 aromatic heterocycles. The molecule has 118 valence electrons. The Morgan fingerprint density at radius 2 is 1.90 bits per heavy atom. The van der Waals surface area contributed by atoms with Gasteiger partial charge in [0.15, 0.2) is 0 Å². The van der Waals surface area contributed by atoms with E-state index in [1.807, 2.05) is 18.2 Å². The molecule has 0 aliphatic carbocycles. The van der Waals surface area contributed by atoms with Gasteiger partial charge in [-0.25, -0.2) is 0 Å². The number of nitrogens with two attached hydrogens (primary N) is 1. The van der Waals surface area contributed by atoms with Crippen LogP contribution in [-0.2, 0) is 0 Å². The fourth-order valence-electron chi connectivity index (χ4n) is 2.02. The van der Waals surface area contributed by atoms with E-state index >= 15 is 0 Å². The van der Waals surface area contributed by atoms with Crippen LogP contribution >= 0.6 is 0 Å². The number of nitrogen functional groups attached to an aromatic ring is 1. The molecule has 1 aliphatic rings. The molecule has 0 saturated carbocycles. The molecule has 6 N–H and O–H groups in total. The summed E-state index contributed by atoms with van der Waals surface area (Å²) >= 11 is 0. The van der Waals surface area contributed by atoms with Gasteiger partial charge in [-0.3, -0.25) is 0 Å². The second-order valence-electron chi connectivity index (χ2n) is 6.33. The quantitative estimate of drug-likeness (QED) is 0.436. The lowest BCUT2D eigenvalue weighted by molar-refractivity contribution is 0.102. The molecule has 0 atom stereocenters. The van der Waals surface area contributed by atoms with Crippen LogP contribution in [0.15, 0.2) is 18.2 Å². The van der Waals surface area contributed by atoms with Gasteiger partial charge in [-0.15, -0.1) is 0 Å². The first-order valence-corrected chi connectivity index (χ1v) is 7.39. The number of anilines is 2. The van der Waals surface area contributed by atoms with Gasteiger partial charge in [0, 0.05) is 29.2 Å². The van der Waals surface area contributed by atoms with E-state index in [2.05, 4.69) is 10.6 Å². The standard InChI is InChI=1S/C12H18N4.C4H10O/c13-8-9-7-10(14)1-2-12(9)16-11-3-5-15-6-4-11;1-4(2,3)5/h1-2,7-8,11,13,15-16H,3-6,14H2;5H,1-3H3. The van der Waals surface area contributed by atoms with Crippen LogP contribution in [0.4, 0.5) is 11.4 Å². The number of nitrogens with one attached hydrogen (secondary N) is 3. The molecule has 1 saturated heterocycles. The minimum absolute atomic E-state index is 0.500. The van der Waals surface area contributed by atoms with Crippen molar-refractivity contribution in [2.24, 2.45) is 0 Å². The molecule has 1 aliphatic heterocycles. The molecule has 5 heteroatoms. The zero-order valence-corrected chi connectivity index (χ0v) is 13.2. The van der Waals surface area contributed by atoms with Gasteiger partial charge in [0.05, 0.1) is 5.60 Å². The maximum absolute atomic E-state index is 8.52. The molecule has 1 fully saturated rings. The maximum Gasteiger partial charge on any atom is 0.0563 e. The molecule has 5 nitrogen and oxygen atoms in total. The zero-order valence-electron chi connectivity index (χ0n) is 13.2. The van der Waals surface area contributed by atoms with Crippen molar-refractivity contribution in [2.45, 2.75) is 45.3 Å². The molecule has 1 heterocycles. The van der Waals surface area contributed by atoms with Crippen molar-refractivity contribution >= 4 is 17.6 Å². The van der Waals surface area contributed by atoms with Crippen LogP contribution in [0.25, 0.3) is 0 Å². The summed E-state index contributed by atoms with van der Waals surface area (Å²) in [5, 5.41) is 22.7.